The lowest BCUT2D eigenvalue weighted by Gasteiger charge is -2.07. The minimum absolute atomic E-state index is 0.355. The van der Waals surface area contributed by atoms with Crippen molar-refractivity contribution in [1.29, 1.82) is 0 Å². The van der Waals surface area contributed by atoms with Gasteiger partial charge in [0.25, 0.3) is 0 Å². The second-order valence-electron chi connectivity index (χ2n) is 4.09. The molecule has 4 nitrogen and oxygen atoms in total. The number of unbranched alkanes of at least 4 members (excludes halogenated alkanes) is 4. The molecule has 0 aromatic carbocycles. The van der Waals surface area contributed by atoms with Crippen LogP contribution in [0.3, 0.4) is 0 Å². The molecule has 0 saturated heterocycles. The highest BCUT2D eigenvalue weighted by molar-refractivity contribution is 6.58. The van der Waals surface area contributed by atoms with Crippen LogP contribution < -0.4 is 10.2 Å². The van der Waals surface area contributed by atoms with Gasteiger partial charge in [0.2, 0.25) is 0 Å². The van der Waals surface area contributed by atoms with Gasteiger partial charge < -0.3 is 14.8 Å². The Kier molecular flexibility index (Phi) is 6.66. The number of rotatable bonds is 8. The first-order chi connectivity index (χ1) is 8.24. The van der Waals surface area contributed by atoms with E-state index in [0.717, 1.165) is 6.42 Å². The number of pyridine rings is 1. The van der Waals surface area contributed by atoms with Gasteiger partial charge in [0.15, 0.2) is 0 Å². The highest BCUT2D eigenvalue weighted by Gasteiger charge is 2.11. The summed E-state index contributed by atoms with van der Waals surface area (Å²) in [5.41, 5.74) is 0.355. The van der Waals surface area contributed by atoms with E-state index < -0.39 is 7.12 Å². The molecule has 17 heavy (non-hydrogen) atoms. The molecule has 0 unspecified atom stereocenters. The van der Waals surface area contributed by atoms with Gasteiger partial charge in [-0.2, -0.15) is 0 Å². The van der Waals surface area contributed by atoms with Crippen LogP contribution in [0, 0.1) is 0 Å². The monoisotopic (exact) mass is 237 g/mol. The summed E-state index contributed by atoms with van der Waals surface area (Å²) >= 11 is 0. The van der Waals surface area contributed by atoms with E-state index in [4.69, 9.17) is 14.8 Å². The Balaban J connectivity index is 2.24. The van der Waals surface area contributed by atoms with Crippen LogP contribution in [-0.4, -0.2) is 28.8 Å². The van der Waals surface area contributed by atoms with Gasteiger partial charge in [0, 0.05) is 11.7 Å². The smallest absolute Gasteiger partial charge is 0.490 e. The predicted octanol–water partition coefficient (Wildman–Crippen LogP) is 1.11. The zero-order valence-electron chi connectivity index (χ0n) is 10.3. The fourth-order valence-electron chi connectivity index (χ4n) is 1.55. The number of hydrogen-bond acceptors (Lipinski definition) is 4. The van der Waals surface area contributed by atoms with Crippen molar-refractivity contribution in [1.82, 2.24) is 4.98 Å². The Morgan fingerprint density at radius 1 is 1.18 bits per heavy atom. The van der Waals surface area contributed by atoms with Gasteiger partial charge in [0.1, 0.15) is 5.75 Å². The molecule has 1 heterocycles. The van der Waals surface area contributed by atoms with Gasteiger partial charge in [-0.3, -0.25) is 4.98 Å². The number of ether oxygens (including phenoxy) is 1. The van der Waals surface area contributed by atoms with Crippen molar-refractivity contribution in [2.45, 2.75) is 39.0 Å². The molecule has 0 spiro atoms. The van der Waals surface area contributed by atoms with Crippen LogP contribution in [0.5, 0.6) is 5.75 Å². The van der Waals surface area contributed by atoms with Gasteiger partial charge in [0.05, 0.1) is 12.8 Å². The standard InChI is InChI=1S/C12H20BNO3/c1-2-3-4-5-6-7-17-12-8-11(13(15)16)9-14-10-12/h8-10,15-16H,2-7H2,1H3. The molecule has 0 atom stereocenters. The molecule has 2 N–H and O–H groups in total. The summed E-state index contributed by atoms with van der Waals surface area (Å²) in [4.78, 5) is 3.89. The van der Waals surface area contributed by atoms with Crippen molar-refractivity contribution in [3.05, 3.63) is 18.5 Å². The average molecular weight is 237 g/mol. The van der Waals surface area contributed by atoms with Crippen molar-refractivity contribution in [3.8, 4) is 5.75 Å². The van der Waals surface area contributed by atoms with Crippen molar-refractivity contribution in [2.24, 2.45) is 0 Å². The van der Waals surface area contributed by atoms with Crippen LogP contribution in [0.15, 0.2) is 18.5 Å². The summed E-state index contributed by atoms with van der Waals surface area (Å²) < 4.78 is 5.49. The summed E-state index contributed by atoms with van der Waals surface area (Å²) in [5, 5.41) is 18.0. The molecule has 1 rings (SSSR count). The molecule has 0 saturated carbocycles. The van der Waals surface area contributed by atoms with Crippen molar-refractivity contribution in [2.75, 3.05) is 6.61 Å². The van der Waals surface area contributed by atoms with E-state index >= 15 is 0 Å². The van der Waals surface area contributed by atoms with Crippen molar-refractivity contribution in [3.63, 3.8) is 0 Å². The number of nitrogens with zero attached hydrogens (tertiary/aromatic N) is 1. The van der Waals surface area contributed by atoms with Gasteiger partial charge in [-0.05, 0) is 12.5 Å². The Hall–Kier alpha value is -1.07. The van der Waals surface area contributed by atoms with E-state index in [0.29, 0.717) is 17.8 Å². The third-order valence-corrected chi connectivity index (χ3v) is 2.55. The first-order valence-electron chi connectivity index (χ1n) is 6.18. The average Bonchev–Trinajstić information content (AvgIpc) is 2.34. The van der Waals surface area contributed by atoms with Crippen LogP contribution in [0.4, 0.5) is 0 Å². The summed E-state index contributed by atoms with van der Waals surface area (Å²) in [6.07, 6.45) is 8.94. The fraction of sp³-hybridized carbons (Fsp3) is 0.583. The molecule has 1 aromatic rings. The maximum atomic E-state index is 8.98. The van der Waals surface area contributed by atoms with Gasteiger partial charge in [-0.25, -0.2) is 0 Å². The number of hydrogen-bond donors (Lipinski definition) is 2. The highest BCUT2D eigenvalue weighted by atomic mass is 16.5. The van der Waals surface area contributed by atoms with Gasteiger partial charge in [-0.15, -0.1) is 0 Å². The van der Waals surface area contributed by atoms with E-state index in [2.05, 4.69) is 11.9 Å². The largest absolute Gasteiger partial charge is 0.492 e. The second kappa shape index (κ2) is 8.09. The lowest BCUT2D eigenvalue weighted by molar-refractivity contribution is 0.303. The molecular weight excluding hydrogens is 217 g/mol. The van der Waals surface area contributed by atoms with E-state index in [9.17, 15) is 0 Å². The molecule has 1 aromatic heterocycles. The van der Waals surface area contributed by atoms with Crippen LogP contribution in [0.25, 0.3) is 0 Å². The number of aromatic nitrogens is 1. The van der Waals surface area contributed by atoms with Crippen LogP contribution in [0.2, 0.25) is 0 Å². The lowest BCUT2D eigenvalue weighted by atomic mass is 9.82. The van der Waals surface area contributed by atoms with E-state index in [1.807, 2.05) is 0 Å². The summed E-state index contributed by atoms with van der Waals surface area (Å²) in [6.45, 7) is 2.84. The molecule has 0 aliphatic carbocycles. The topological polar surface area (TPSA) is 62.6 Å². The maximum Gasteiger partial charge on any atom is 0.490 e. The van der Waals surface area contributed by atoms with Crippen molar-refractivity contribution < 1.29 is 14.8 Å². The van der Waals surface area contributed by atoms with Crippen LogP contribution in [-0.2, 0) is 0 Å². The SMILES string of the molecule is CCCCCCCOc1cncc(B(O)O)c1. The molecule has 0 radical (unpaired) electrons. The van der Waals surface area contributed by atoms with E-state index in [1.165, 1.54) is 31.9 Å². The molecule has 0 amide bonds. The molecule has 0 bridgehead atoms. The zero-order chi connectivity index (χ0) is 12.5. The van der Waals surface area contributed by atoms with E-state index in [1.54, 1.807) is 12.3 Å². The van der Waals surface area contributed by atoms with Gasteiger partial charge in [-0.1, -0.05) is 32.6 Å². The molecule has 0 aliphatic heterocycles. The quantitative estimate of drug-likeness (QED) is 0.525. The first kappa shape index (κ1) is 14.0. The predicted molar refractivity (Wildman–Crippen MR) is 68.3 cm³/mol. The Morgan fingerprint density at radius 3 is 2.65 bits per heavy atom. The summed E-state index contributed by atoms with van der Waals surface area (Å²) in [7, 11) is -1.49. The molecule has 0 fully saturated rings. The zero-order valence-corrected chi connectivity index (χ0v) is 10.3. The van der Waals surface area contributed by atoms with E-state index in [-0.39, 0.29) is 0 Å². The second-order valence-corrected chi connectivity index (χ2v) is 4.09. The molecule has 5 heteroatoms. The molecular formula is C12H20BNO3. The fourth-order valence-corrected chi connectivity index (χ4v) is 1.55. The van der Waals surface area contributed by atoms with Crippen molar-refractivity contribution >= 4 is 12.6 Å². The Bertz CT molecular complexity index is 320. The minimum atomic E-state index is -1.49. The Labute approximate surface area is 103 Å². The lowest BCUT2D eigenvalue weighted by Crippen LogP contribution is -2.30. The molecule has 0 aliphatic rings. The molecule has 94 valence electrons. The van der Waals surface area contributed by atoms with Crippen LogP contribution in [0.1, 0.15) is 39.0 Å². The summed E-state index contributed by atoms with van der Waals surface area (Å²) in [5.74, 6) is 0.589. The minimum Gasteiger partial charge on any atom is -0.492 e. The third kappa shape index (κ3) is 5.70. The highest BCUT2D eigenvalue weighted by Crippen LogP contribution is 2.08. The van der Waals surface area contributed by atoms with Crippen LogP contribution >= 0.6 is 0 Å². The maximum absolute atomic E-state index is 8.98. The normalized spacial score (nSPS) is 10.3. The third-order valence-electron chi connectivity index (χ3n) is 2.55. The summed E-state index contributed by atoms with van der Waals surface area (Å²) in [6, 6.07) is 1.60. The van der Waals surface area contributed by atoms with Gasteiger partial charge >= 0.3 is 7.12 Å². The first-order valence-corrected chi connectivity index (χ1v) is 6.18. The Morgan fingerprint density at radius 2 is 1.94 bits per heavy atom.